The molecule has 0 fully saturated rings. The standard InChI is InChI=1S/C6H4BrFO2S/c7-11(9,10)6-3-1-5(8)2-4-6/h1-4H. The molecule has 0 aliphatic rings. The third kappa shape index (κ3) is 2.27. The highest BCUT2D eigenvalue weighted by molar-refractivity contribution is 9.47. The maximum absolute atomic E-state index is 12.3. The lowest BCUT2D eigenvalue weighted by Crippen LogP contribution is -1.88. The smallest absolute Gasteiger partial charge is 0.212 e. The van der Waals surface area contributed by atoms with Crippen LogP contribution in [0.15, 0.2) is 29.2 Å². The Bertz CT molecular complexity index is 343. The molecule has 0 amide bonds. The molecule has 0 saturated carbocycles. The normalized spacial score (nSPS) is 11.5. The first kappa shape index (κ1) is 8.67. The summed E-state index contributed by atoms with van der Waals surface area (Å²) in [5, 5.41) is 0. The summed E-state index contributed by atoms with van der Waals surface area (Å²) in [5.74, 6) is -0.454. The molecule has 0 aliphatic carbocycles. The van der Waals surface area contributed by atoms with E-state index in [1.165, 1.54) is 12.1 Å². The molecule has 11 heavy (non-hydrogen) atoms. The van der Waals surface area contributed by atoms with Crippen molar-refractivity contribution < 1.29 is 12.8 Å². The maximum Gasteiger partial charge on any atom is 0.237 e. The summed E-state index contributed by atoms with van der Waals surface area (Å²) >= 11 is 2.46. The van der Waals surface area contributed by atoms with Gasteiger partial charge in [-0.2, -0.15) is 0 Å². The van der Waals surface area contributed by atoms with Crippen LogP contribution in [0.1, 0.15) is 0 Å². The van der Waals surface area contributed by atoms with Crippen LogP contribution in [-0.4, -0.2) is 8.42 Å². The van der Waals surface area contributed by atoms with E-state index in [2.05, 4.69) is 14.8 Å². The van der Waals surface area contributed by atoms with E-state index in [0.29, 0.717) is 0 Å². The molecule has 1 aromatic carbocycles. The van der Waals surface area contributed by atoms with Crippen molar-refractivity contribution in [3.8, 4) is 0 Å². The summed E-state index contributed by atoms with van der Waals surface area (Å²) < 4.78 is 33.7. The lowest BCUT2D eigenvalue weighted by atomic mass is 10.4. The fraction of sp³-hybridized carbons (Fsp3) is 0. The first-order chi connectivity index (χ1) is 5.00. The summed E-state index contributed by atoms with van der Waals surface area (Å²) in [6, 6.07) is 4.57. The molecule has 2 nitrogen and oxygen atoms in total. The molecule has 0 atom stereocenters. The molecule has 0 radical (unpaired) electrons. The van der Waals surface area contributed by atoms with Crippen molar-refractivity contribution in [3.05, 3.63) is 30.1 Å². The molecule has 0 heterocycles. The van der Waals surface area contributed by atoms with Crippen molar-refractivity contribution in [2.24, 2.45) is 0 Å². The largest absolute Gasteiger partial charge is 0.237 e. The Morgan fingerprint density at radius 3 is 2.00 bits per heavy atom. The lowest BCUT2D eigenvalue weighted by molar-refractivity contribution is 0.609. The molecule has 0 saturated heterocycles. The second kappa shape index (κ2) is 2.91. The van der Waals surface area contributed by atoms with Gasteiger partial charge in [0.15, 0.2) is 0 Å². The van der Waals surface area contributed by atoms with E-state index in [4.69, 9.17) is 0 Å². The van der Waals surface area contributed by atoms with Crippen LogP contribution in [0.2, 0.25) is 0 Å². The van der Waals surface area contributed by atoms with E-state index in [1.54, 1.807) is 0 Å². The van der Waals surface area contributed by atoms with Crippen molar-refractivity contribution in [3.63, 3.8) is 0 Å². The molecule has 0 aliphatic heterocycles. The highest BCUT2D eigenvalue weighted by Gasteiger charge is 2.07. The number of hydrogen-bond donors (Lipinski definition) is 0. The molecular formula is C6H4BrFO2S. The second-order valence-corrected chi connectivity index (χ2v) is 5.80. The second-order valence-electron chi connectivity index (χ2n) is 1.89. The summed E-state index contributed by atoms with van der Waals surface area (Å²) in [7, 11) is -3.37. The van der Waals surface area contributed by atoms with Gasteiger partial charge in [0, 0.05) is 0 Å². The van der Waals surface area contributed by atoms with Crippen molar-refractivity contribution in [1.29, 1.82) is 0 Å². The molecule has 0 N–H and O–H groups in total. The van der Waals surface area contributed by atoms with Crippen LogP contribution in [0.4, 0.5) is 4.39 Å². The van der Waals surface area contributed by atoms with Crippen molar-refractivity contribution >= 4 is 23.1 Å². The van der Waals surface area contributed by atoms with Crippen LogP contribution >= 0.6 is 14.8 Å². The topological polar surface area (TPSA) is 34.1 Å². The molecule has 0 bridgehead atoms. The highest BCUT2D eigenvalue weighted by atomic mass is 79.9. The van der Waals surface area contributed by atoms with Gasteiger partial charge in [-0.05, 0) is 24.3 Å². The summed E-state index contributed by atoms with van der Waals surface area (Å²) in [6.07, 6.45) is 0. The predicted octanol–water partition coefficient (Wildman–Crippen LogP) is 1.91. The summed E-state index contributed by atoms with van der Waals surface area (Å²) in [6.45, 7) is 0. The van der Waals surface area contributed by atoms with Crippen LogP contribution in [0, 0.1) is 5.82 Å². The number of benzene rings is 1. The van der Waals surface area contributed by atoms with Crippen LogP contribution in [-0.2, 0) is 8.27 Å². The van der Waals surface area contributed by atoms with Gasteiger partial charge >= 0.3 is 0 Å². The lowest BCUT2D eigenvalue weighted by Gasteiger charge is -1.93. The zero-order valence-electron chi connectivity index (χ0n) is 5.29. The number of rotatable bonds is 1. The van der Waals surface area contributed by atoms with Gasteiger partial charge < -0.3 is 0 Å². The summed E-state index contributed by atoms with van der Waals surface area (Å²) in [5.41, 5.74) is 0. The average molecular weight is 239 g/mol. The van der Waals surface area contributed by atoms with Gasteiger partial charge in [0.05, 0.1) is 19.7 Å². The van der Waals surface area contributed by atoms with Crippen molar-refractivity contribution in [1.82, 2.24) is 0 Å². The van der Waals surface area contributed by atoms with Gasteiger partial charge in [0.2, 0.25) is 8.27 Å². The first-order valence-electron chi connectivity index (χ1n) is 2.70. The van der Waals surface area contributed by atoms with E-state index in [0.717, 1.165) is 12.1 Å². The van der Waals surface area contributed by atoms with E-state index in [-0.39, 0.29) is 4.90 Å². The molecule has 0 unspecified atom stereocenters. The van der Waals surface area contributed by atoms with E-state index in [1.807, 2.05) is 0 Å². The molecule has 1 rings (SSSR count). The molecule has 0 aromatic heterocycles. The Kier molecular flexibility index (Phi) is 2.29. The van der Waals surface area contributed by atoms with Crippen LogP contribution in [0.3, 0.4) is 0 Å². The Hall–Kier alpha value is -0.420. The minimum absolute atomic E-state index is 0.0545. The van der Waals surface area contributed by atoms with Gasteiger partial charge in [0.1, 0.15) is 5.82 Å². The maximum atomic E-state index is 12.3. The third-order valence-electron chi connectivity index (χ3n) is 1.10. The SMILES string of the molecule is O=S(=O)(Br)c1ccc(F)cc1. The number of hydrogen-bond acceptors (Lipinski definition) is 2. The molecule has 1 aromatic rings. The zero-order chi connectivity index (χ0) is 8.48. The average Bonchev–Trinajstić information content (AvgIpc) is 1.86. The highest BCUT2D eigenvalue weighted by Crippen LogP contribution is 2.16. The van der Waals surface area contributed by atoms with Crippen molar-refractivity contribution in [2.75, 3.05) is 0 Å². The zero-order valence-corrected chi connectivity index (χ0v) is 7.69. The van der Waals surface area contributed by atoms with Gasteiger partial charge in [-0.15, -0.1) is 0 Å². The molecule has 0 spiro atoms. The van der Waals surface area contributed by atoms with Gasteiger partial charge in [-0.1, -0.05) is 0 Å². The van der Waals surface area contributed by atoms with Crippen LogP contribution in [0.5, 0.6) is 0 Å². The Labute approximate surface area is 71.2 Å². The molecular weight excluding hydrogens is 235 g/mol. The predicted molar refractivity (Wildman–Crippen MR) is 42.5 cm³/mol. The monoisotopic (exact) mass is 238 g/mol. The quantitative estimate of drug-likeness (QED) is 0.701. The van der Waals surface area contributed by atoms with E-state index < -0.39 is 14.1 Å². The van der Waals surface area contributed by atoms with Gasteiger partial charge in [-0.25, -0.2) is 12.8 Å². The van der Waals surface area contributed by atoms with Crippen LogP contribution < -0.4 is 0 Å². The molecule has 5 heteroatoms. The Balaban J connectivity index is 3.20. The fourth-order valence-corrected chi connectivity index (χ4v) is 1.71. The minimum atomic E-state index is -3.37. The van der Waals surface area contributed by atoms with Gasteiger partial charge in [-0.3, -0.25) is 0 Å². The number of halogens is 2. The van der Waals surface area contributed by atoms with Crippen LogP contribution in [0.25, 0.3) is 0 Å². The third-order valence-corrected chi connectivity index (χ3v) is 3.05. The summed E-state index contributed by atoms with van der Waals surface area (Å²) in [4.78, 5) is 0.0545. The van der Waals surface area contributed by atoms with E-state index >= 15 is 0 Å². The fourth-order valence-electron chi connectivity index (χ4n) is 0.597. The minimum Gasteiger partial charge on any atom is -0.212 e. The van der Waals surface area contributed by atoms with Crippen molar-refractivity contribution in [2.45, 2.75) is 4.90 Å². The van der Waals surface area contributed by atoms with Gasteiger partial charge in [0.25, 0.3) is 0 Å². The Morgan fingerprint density at radius 2 is 1.64 bits per heavy atom. The first-order valence-corrected chi connectivity index (χ1v) is 6.03. The van der Waals surface area contributed by atoms with E-state index in [9.17, 15) is 12.8 Å². The Morgan fingerprint density at radius 1 is 1.18 bits per heavy atom. The molecule has 60 valence electrons.